The third-order valence-electron chi connectivity index (χ3n) is 7.14. The van der Waals surface area contributed by atoms with E-state index in [1.807, 2.05) is 7.11 Å². The van der Waals surface area contributed by atoms with Crippen LogP contribution in [0.3, 0.4) is 0 Å². The molecule has 2 rings (SSSR count). The number of hydrogen-bond acceptors (Lipinski definition) is 2. The van der Waals surface area contributed by atoms with Crippen molar-refractivity contribution in [1.82, 2.24) is 5.32 Å². The van der Waals surface area contributed by atoms with Crippen molar-refractivity contribution < 1.29 is 4.74 Å². The van der Waals surface area contributed by atoms with Gasteiger partial charge in [-0.15, -0.1) is 0 Å². The maximum absolute atomic E-state index is 5.85. The lowest BCUT2D eigenvalue weighted by atomic mass is 9.85. The van der Waals surface area contributed by atoms with Crippen LogP contribution in [-0.4, -0.2) is 19.7 Å². The molecule has 0 bridgehead atoms. The summed E-state index contributed by atoms with van der Waals surface area (Å²) in [6, 6.07) is 9.26. The number of rotatable bonds is 19. The molecule has 2 nitrogen and oxygen atoms in total. The molecule has 0 fully saturated rings. The molecular weight excluding hydrogens is 378 g/mol. The van der Waals surface area contributed by atoms with Crippen LogP contribution in [0.2, 0.25) is 0 Å². The predicted octanol–water partition coefficient (Wildman–Crippen LogP) is 8.54. The number of ether oxygens (including phenoxy) is 1. The van der Waals surface area contributed by atoms with E-state index < -0.39 is 0 Å². The van der Waals surface area contributed by atoms with Gasteiger partial charge in [0.05, 0.1) is 6.10 Å². The number of aryl methyl sites for hydroxylation is 1. The average molecular weight is 430 g/mol. The van der Waals surface area contributed by atoms with Gasteiger partial charge in [-0.1, -0.05) is 128 Å². The highest BCUT2D eigenvalue weighted by molar-refractivity contribution is 5.32. The first-order valence-electron chi connectivity index (χ1n) is 13.7. The quantitative estimate of drug-likeness (QED) is 0.222. The fourth-order valence-corrected chi connectivity index (χ4v) is 5.18. The topological polar surface area (TPSA) is 21.3 Å². The van der Waals surface area contributed by atoms with Crippen LogP contribution in [-0.2, 0) is 11.2 Å². The van der Waals surface area contributed by atoms with Crippen molar-refractivity contribution in [3.63, 3.8) is 0 Å². The van der Waals surface area contributed by atoms with Crippen LogP contribution in [0, 0.1) is 0 Å². The Bertz CT molecular complexity index is 543. The fraction of sp³-hybridized carbons (Fsp3) is 0.793. The van der Waals surface area contributed by atoms with Crippen molar-refractivity contribution in [1.29, 1.82) is 0 Å². The van der Waals surface area contributed by atoms with Crippen molar-refractivity contribution in [2.75, 3.05) is 13.7 Å². The highest BCUT2D eigenvalue weighted by atomic mass is 16.5. The second kappa shape index (κ2) is 17.7. The number of nitrogens with one attached hydrogen (secondary N) is 1. The monoisotopic (exact) mass is 429 g/mol. The zero-order chi connectivity index (χ0) is 22.0. The number of hydrogen-bond donors (Lipinski definition) is 1. The lowest BCUT2D eigenvalue weighted by molar-refractivity contribution is 0.0584. The second-order valence-corrected chi connectivity index (χ2v) is 9.76. The van der Waals surface area contributed by atoms with Crippen molar-refractivity contribution in [3.05, 3.63) is 35.4 Å². The van der Waals surface area contributed by atoms with Gasteiger partial charge < -0.3 is 10.1 Å². The lowest BCUT2D eigenvalue weighted by Crippen LogP contribution is -2.39. The summed E-state index contributed by atoms with van der Waals surface area (Å²) >= 11 is 0. The summed E-state index contributed by atoms with van der Waals surface area (Å²) in [5, 5.41) is 3.79. The van der Waals surface area contributed by atoms with Crippen molar-refractivity contribution in [2.24, 2.45) is 0 Å². The first-order chi connectivity index (χ1) is 15.4. The molecule has 0 saturated carbocycles. The van der Waals surface area contributed by atoms with Crippen LogP contribution < -0.4 is 5.32 Å². The van der Waals surface area contributed by atoms with E-state index in [0.717, 1.165) is 6.54 Å². The van der Waals surface area contributed by atoms with Gasteiger partial charge in [-0.2, -0.15) is 0 Å². The lowest BCUT2D eigenvalue weighted by Gasteiger charge is -2.33. The first-order valence-corrected chi connectivity index (χ1v) is 13.7. The highest BCUT2D eigenvalue weighted by Crippen LogP contribution is 2.32. The van der Waals surface area contributed by atoms with Crippen LogP contribution in [0.25, 0.3) is 0 Å². The van der Waals surface area contributed by atoms with Crippen molar-refractivity contribution in [3.8, 4) is 0 Å². The van der Waals surface area contributed by atoms with Crippen LogP contribution in [0.4, 0.5) is 0 Å². The first kappa shape index (κ1) is 26.4. The van der Waals surface area contributed by atoms with E-state index >= 15 is 0 Å². The molecule has 0 radical (unpaired) electrons. The van der Waals surface area contributed by atoms with Gasteiger partial charge in [-0.25, -0.2) is 0 Å². The van der Waals surface area contributed by atoms with E-state index in [4.69, 9.17) is 4.74 Å². The standard InChI is InChI=1S/C29H51NO/c1-3-4-5-6-7-8-9-10-11-12-13-14-15-16-17-20-25-30-28-24-23-26-21-18-19-22-27(26)29(28)31-2/h18-19,21-22,28-30H,3-17,20,23-25H2,1-2H3. The van der Waals surface area contributed by atoms with E-state index in [2.05, 4.69) is 36.5 Å². The molecule has 0 saturated heterocycles. The van der Waals surface area contributed by atoms with Gasteiger partial charge in [0.2, 0.25) is 0 Å². The average Bonchev–Trinajstić information content (AvgIpc) is 2.80. The Hall–Kier alpha value is -0.860. The van der Waals surface area contributed by atoms with E-state index in [1.54, 1.807) is 0 Å². The molecular formula is C29H51NO. The van der Waals surface area contributed by atoms with Gasteiger partial charge in [-0.3, -0.25) is 0 Å². The smallest absolute Gasteiger partial charge is 0.0976 e. The fourth-order valence-electron chi connectivity index (χ4n) is 5.18. The molecule has 1 aliphatic rings. The predicted molar refractivity (Wildman–Crippen MR) is 136 cm³/mol. The normalized spacial score (nSPS) is 18.3. The van der Waals surface area contributed by atoms with Crippen LogP contribution in [0.5, 0.6) is 0 Å². The Morgan fingerprint density at radius 3 is 1.81 bits per heavy atom. The minimum absolute atomic E-state index is 0.214. The van der Waals surface area contributed by atoms with Gasteiger partial charge in [0.25, 0.3) is 0 Å². The molecule has 0 aliphatic heterocycles. The van der Waals surface area contributed by atoms with Gasteiger partial charge in [0, 0.05) is 13.2 Å². The van der Waals surface area contributed by atoms with Crippen molar-refractivity contribution in [2.45, 2.75) is 135 Å². The molecule has 31 heavy (non-hydrogen) atoms. The maximum atomic E-state index is 5.85. The van der Waals surface area contributed by atoms with E-state index in [9.17, 15) is 0 Å². The maximum Gasteiger partial charge on any atom is 0.0976 e. The van der Waals surface area contributed by atoms with Crippen LogP contribution in [0.15, 0.2) is 24.3 Å². The van der Waals surface area contributed by atoms with Crippen molar-refractivity contribution >= 4 is 0 Å². The number of unbranched alkanes of at least 4 members (excludes halogenated alkanes) is 15. The summed E-state index contributed by atoms with van der Waals surface area (Å²) in [6.45, 7) is 3.43. The second-order valence-electron chi connectivity index (χ2n) is 9.76. The minimum Gasteiger partial charge on any atom is -0.375 e. The molecule has 2 atom stereocenters. The number of benzene rings is 1. The summed E-state index contributed by atoms with van der Waals surface area (Å²) in [5.74, 6) is 0. The Kier molecular flexibility index (Phi) is 15.0. The molecule has 1 aromatic rings. The summed E-state index contributed by atoms with van der Waals surface area (Å²) in [6.07, 6.45) is 25.5. The van der Waals surface area contributed by atoms with Crippen LogP contribution in [0.1, 0.15) is 133 Å². The summed E-state index contributed by atoms with van der Waals surface area (Å²) < 4.78 is 5.85. The molecule has 0 spiro atoms. The largest absolute Gasteiger partial charge is 0.375 e. The third kappa shape index (κ3) is 11.0. The molecule has 178 valence electrons. The van der Waals surface area contributed by atoms with E-state index in [-0.39, 0.29) is 6.10 Å². The van der Waals surface area contributed by atoms with Gasteiger partial charge in [0.15, 0.2) is 0 Å². The molecule has 1 aromatic carbocycles. The minimum atomic E-state index is 0.214. The van der Waals surface area contributed by atoms with E-state index in [1.165, 1.54) is 127 Å². The Balaban J connectivity index is 1.36. The molecule has 0 heterocycles. The van der Waals surface area contributed by atoms with Gasteiger partial charge in [0.1, 0.15) is 0 Å². The molecule has 1 N–H and O–H groups in total. The number of methoxy groups -OCH3 is 1. The zero-order valence-corrected chi connectivity index (χ0v) is 20.8. The Labute approximate surface area is 193 Å². The molecule has 0 aromatic heterocycles. The molecule has 1 aliphatic carbocycles. The summed E-state index contributed by atoms with van der Waals surface area (Å²) in [4.78, 5) is 0. The summed E-state index contributed by atoms with van der Waals surface area (Å²) in [5.41, 5.74) is 2.86. The zero-order valence-electron chi connectivity index (χ0n) is 20.8. The van der Waals surface area contributed by atoms with Gasteiger partial charge >= 0.3 is 0 Å². The summed E-state index contributed by atoms with van der Waals surface area (Å²) in [7, 11) is 1.86. The molecule has 0 amide bonds. The Morgan fingerprint density at radius 1 is 0.742 bits per heavy atom. The molecule has 2 heteroatoms. The number of fused-ring (bicyclic) bond motifs is 1. The Morgan fingerprint density at radius 2 is 1.26 bits per heavy atom. The van der Waals surface area contributed by atoms with Gasteiger partial charge in [-0.05, 0) is 36.9 Å². The SMILES string of the molecule is CCCCCCCCCCCCCCCCCCNC1CCc2ccccc2C1OC. The third-order valence-corrected chi connectivity index (χ3v) is 7.14. The van der Waals surface area contributed by atoms with Crippen LogP contribution >= 0.6 is 0 Å². The van der Waals surface area contributed by atoms with E-state index in [0.29, 0.717) is 6.04 Å². The highest BCUT2D eigenvalue weighted by Gasteiger charge is 2.28. The molecule has 2 unspecified atom stereocenters.